The van der Waals surface area contributed by atoms with Crippen LogP contribution in [-0.4, -0.2) is 5.11 Å². The minimum atomic E-state index is 0.0955. The highest BCUT2D eigenvalue weighted by atomic mass is 16.3. The highest BCUT2D eigenvalue weighted by molar-refractivity contribution is 5.78. The topological polar surface area (TPSA) is 20.2 Å². The summed E-state index contributed by atoms with van der Waals surface area (Å²) < 4.78 is 0. The largest absolute Gasteiger partial charge is 0.508 e. The molecule has 0 aliphatic heterocycles. The van der Waals surface area contributed by atoms with Crippen molar-refractivity contribution in [2.24, 2.45) is 11.8 Å². The van der Waals surface area contributed by atoms with E-state index in [0.29, 0.717) is 5.92 Å². The predicted molar refractivity (Wildman–Crippen MR) is 128 cm³/mol. The minimum Gasteiger partial charge on any atom is -0.508 e. The van der Waals surface area contributed by atoms with Crippen molar-refractivity contribution in [3.05, 3.63) is 100 Å². The second-order valence-corrected chi connectivity index (χ2v) is 8.17. The molecule has 0 spiro atoms. The maximum Gasteiger partial charge on any atom is 0.111 e. The molecule has 1 aromatic rings. The molecule has 1 aliphatic rings. The van der Waals surface area contributed by atoms with Crippen LogP contribution in [0, 0.1) is 25.7 Å². The van der Waals surface area contributed by atoms with Crippen LogP contribution in [-0.2, 0) is 6.42 Å². The van der Waals surface area contributed by atoms with Gasteiger partial charge in [0.05, 0.1) is 0 Å². The molecule has 2 atom stereocenters. The number of aliphatic hydroxyl groups excluding tert-OH is 1. The van der Waals surface area contributed by atoms with Gasteiger partial charge in [-0.3, -0.25) is 0 Å². The summed E-state index contributed by atoms with van der Waals surface area (Å²) in [6.45, 7) is 16.5. The van der Waals surface area contributed by atoms with Gasteiger partial charge < -0.3 is 5.11 Å². The fourth-order valence-electron chi connectivity index (χ4n) is 4.04. The molecule has 0 fully saturated rings. The number of hydrogen-bond acceptors (Lipinski definition) is 1. The molecule has 0 saturated carbocycles. The number of allylic oxidation sites excluding steroid dienone is 10. The zero-order chi connectivity index (χ0) is 21.6. The predicted octanol–water partition coefficient (Wildman–Crippen LogP) is 7.98. The van der Waals surface area contributed by atoms with Gasteiger partial charge in [-0.25, -0.2) is 0 Å². The van der Waals surface area contributed by atoms with E-state index >= 15 is 0 Å². The average Bonchev–Trinajstić information content (AvgIpc) is 2.65. The number of fused-ring (bicyclic) bond motifs is 1. The standard InChI is InChI=1S/C28H36O/c1-8-10-12-19(3)24-13-11-14-25(16-22(6)27(9-2)23(7)29)28-17-21(5)20(4)15-26(28)18-24/h8-12,14-17,22,24,29H,7,13,18H2,1-6H3/b10-8-,14-11+,19-12+,25-16+,27-9+. The van der Waals surface area contributed by atoms with Crippen molar-refractivity contribution in [3.63, 3.8) is 0 Å². The normalized spacial score (nSPS) is 21.6. The molecule has 1 aliphatic carbocycles. The molecule has 0 amide bonds. The molecular formula is C28H36O. The van der Waals surface area contributed by atoms with E-state index in [2.05, 4.69) is 89.8 Å². The van der Waals surface area contributed by atoms with E-state index in [1.807, 2.05) is 13.0 Å². The Morgan fingerprint density at radius 2 is 1.90 bits per heavy atom. The fraction of sp³-hybridized carbons (Fsp3) is 0.357. The molecule has 0 saturated heterocycles. The molecule has 29 heavy (non-hydrogen) atoms. The average molecular weight is 389 g/mol. The van der Waals surface area contributed by atoms with Gasteiger partial charge in [-0.1, -0.05) is 73.7 Å². The lowest BCUT2D eigenvalue weighted by Crippen LogP contribution is -2.10. The Balaban J connectivity index is 2.56. The van der Waals surface area contributed by atoms with E-state index in [9.17, 15) is 5.11 Å². The first kappa shape index (κ1) is 22.7. The summed E-state index contributed by atoms with van der Waals surface area (Å²) in [6.07, 6.45) is 17.3. The molecule has 1 heteroatoms. The maximum absolute atomic E-state index is 9.93. The third kappa shape index (κ3) is 5.73. The Bertz CT molecular complexity index is 902. The molecule has 0 radical (unpaired) electrons. The monoisotopic (exact) mass is 388 g/mol. The van der Waals surface area contributed by atoms with Gasteiger partial charge in [-0.05, 0) is 86.8 Å². The first-order valence-corrected chi connectivity index (χ1v) is 10.6. The first-order chi connectivity index (χ1) is 13.8. The second-order valence-electron chi connectivity index (χ2n) is 8.17. The summed E-state index contributed by atoms with van der Waals surface area (Å²) in [7, 11) is 0. The van der Waals surface area contributed by atoms with Crippen LogP contribution in [0.2, 0.25) is 0 Å². The van der Waals surface area contributed by atoms with E-state index in [-0.39, 0.29) is 11.7 Å². The van der Waals surface area contributed by atoms with Crippen LogP contribution in [0.25, 0.3) is 5.57 Å². The van der Waals surface area contributed by atoms with Gasteiger partial charge in [-0.2, -0.15) is 0 Å². The SMILES string of the molecule is C=C(O)/C(=C/C)C(C)/C=C1\C=C\CC(/C(C)=C/C=C\C)Cc2cc(C)c(C)cc21. The molecular weight excluding hydrogens is 352 g/mol. The lowest BCUT2D eigenvalue weighted by Gasteiger charge is -2.23. The van der Waals surface area contributed by atoms with Crippen LogP contribution in [0.15, 0.2) is 78.1 Å². The Morgan fingerprint density at radius 1 is 1.21 bits per heavy atom. The summed E-state index contributed by atoms with van der Waals surface area (Å²) in [6, 6.07) is 4.68. The molecule has 2 rings (SSSR count). The Labute approximate surface area is 177 Å². The minimum absolute atomic E-state index is 0.0955. The maximum atomic E-state index is 9.93. The second kappa shape index (κ2) is 10.3. The molecule has 1 aromatic carbocycles. The highest BCUT2D eigenvalue weighted by Crippen LogP contribution is 2.34. The number of aliphatic hydroxyl groups is 1. The third-order valence-electron chi connectivity index (χ3n) is 5.97. The first-order valence-electron chi connectivity index (χ1n) is 10.6. The van der Waals surface area contributed by atoms with Crippen molar-refractivity contribution in [2.75, 3.05) is 0 Å². The lowest BCUT2D eigenvalue weighted by atomic mass is 9.81. The summed E-state index contributed by atoms with van der Waals surface area (Å²) in [5, 5.41) is 9.93. The van der Waals surface area contributed by atoms with Crippen LogP contribution in [0.1, 0.15) is 56.4 Å². The summed E-state index contributed by atoms with van der Waals surface area (Å²) in [5.41, 5.74) is 8.88. The van der Waals surface area contributed by atoms with E-state index in [4.69, 9.17) is 0 Å². The number of aryl methyl sites for hydroxylation is 2. The number of benzene rings is 1. The summed E-state index contributed by atoms with van der Waals surface area (Å²) in [4.78, 5) is 0. The smallest absolute Gasteiger partial charge is 0.111 e. The van der Waals surface area contributed by atoms with Gasteiger partial charge in [0.2, 0.25) is 0 Å². The van der Waals surface area contributed by atoms with Crippen molar-refractivity contribution >= 4 is 5.57 Å². The van der Waals surface area contributed by atoms with Crippen molar-refractivity contribution in [2.45, 2.75) is 54.4 Å². The quantitative estimate of drug-likeness (QED) is 0.400. The van der Waals surface area contributed by atoms with E-state index in [0.717, 1.165) is 18.4 Å². The van der Waals surface area contributed by atoms with Crippen molar-refractivity contribution in [3.8, 4) is 0 Å². The molecule has 1 nitrogen and oxygen atoms in total. The van der Waals surface area contributed by atoms with E-state index in [1.165, 1.54) is 33.4 Å². The Morgan fingerprint density at radius 3 is 2.52 bits per heavy atom. The third-order valence-corrected chi connectivity index (χ3v) is 5.97. The van der Waals surface area contributed by atoms with Crippen molar-refractivity contribution in [1.29, 1.82) is 0 Å². The molecule has 1 N–H and O–H groups in total. The van der Waals surface area contributed by atoms with Gasteiger partial charge in [0.25, 0.3) is 0 Å². The highest BCUT2D eigenvalue weighted by Gasteiger charge is 2.19. The lowest BCUT2D eigenvalue weighted by molar-refractivity contribution is 0.417. The van der Waals surface area contributed by atoms with E-state index in [1.54, 1.807) is 0 Å². The van der Waals surface area contributed by atoms with Gasteiger partial charge in [-0.15, -0.1) is 0 Å². The molecule has 0 heterocycles. The summed E-state index contributed by atoms with van der Waals surface area (Å²) >= 11 is 0. The zero-order valence-corrected chi connectivity index (χ0v) is 18.9. The Kier molecular flexibility index (Phi) is 8.08. The molecule has 0 bridgehead atoms. The van der Waals surface area contributed by atoms with Gasteiger partial charge >= 0.3 is 0 Å². The summed E-state index contributed by atoms with van der Waals surface area (Å²) in [5.74, 6) is 0.751. The van der Waals surface area contributed by atoms with Crippen LogP contribution >= 0.6 is 0 Å². The van der Waals surface area contributed by atoms with Crippen molar-refractivity contribution in [1.82, 2.24) is 0 Å². The zero-order valence-electron chi connectivity index (χ0n) is 18.9. The van der Waals surface area contributed by atoms with Crippen LogP contribution in [0.4, 0.5) is 0 Å². The van der Waals surface area contributed by atoms with Crippen molar-refractivity contribution < 1.29 is 5.11 Å². The van der Waals surface area contributed by atoms with Crippen LogP contribution in [0.5, 0.6) is 0 Å². The van der Waals surface area contributed by atoms with Gasteiger partial charge in [0.1, 0.15) is 5.76 Å². The van der Waals surface area contributed by atoms with Gasteiger partial charge in [0.15, 0.2) is 0 Å². The number of hydrogen-bond donors (Lipinski definition) is 1. The fourth-order valence-corrected chi connectivity index (χ4v) is 4.04. The molecule has 2 unspecified atom stereocenters. The molecule has 154 valence electrons. The van der Waals surface area contributed by atoms with Crippen LogP contribution in [0.3, 0.4) is 0 Å². The van der Waals surface area contributed by atoms with E-state index < -0.39 is 0 Å². The van der Waals surface area contributed by atoms with Crippen LogP contribution < -0.4 is 0 Å². The number of rotatable bonds is 5. The molecule has 0 aromatic heterocycles. The Hall–Kier alpha value is -2.54. The van der Waals surface area contributed by atoms with Gasteiger partial charge in [0, 0.05) is 5.92 Å².